The summed E-state index contributed by atoms with van der Waals surface area (Å²) in [5.74, 6) is 0.381. The van der Waals surface area contributed by atoms with Gasteiger partial charge in [-0.1, -0.05) is 18.2 Å². The summed E-state index contributed by atoms with van der Waals surface area (Å²) in [4.78, 5) is 7.39. The molecule has 0 spiro atoms. The van der Waals surface area contributed by atoms with Gasteiger partial charge in [-0.15, -0.1) is 11.3 Å². The number of aromatic nitrogens is 2. The maximum atomic E-state index is 12.2. The summed E-state index contributed by atoms with van der Waals surface area (Å²) < 4.78 is 12.2. The van der Waals surface area contributed by atoms with Crippen molar-refractivity contribution in [3.63, 3.8) is 0 Å². The summed E-state index contributed by atoms with van der Waals surface area (Å²) >= 11 is 1.57. The number of nitrogen functional groups attached to an aromatic ring is 1. The third kappa shape index (κ3) is 3.09. The minimum Gasteiger partial charge on any atom is -0.398 e. The second kappa shape index (κ2) is 6.19. The van der Waals surface area contributed by atoms with Crippen LogP contribution in [-0.2, 0) is 16.6 Å². The fourth-order valence-electron chi connectivity index (χ4n) is 1.71. The maximum Gasteiger partial charge on any atom is 0.197 e. The molecule has 93 valence electrons. The zero-order chi connectivity index (χ0) is 12.5. The summed E-state index contributed by atoms with van der Waals surface area (Å²) in [5, 5.41) is 4.40. The van der Waals surface area contributed by atoms with Gasteiger partial charge in [-0.25, -0.2) is 4.98 Å². The molecular weight excluding hydrogens is 289 g/mol. The summed E-state index contributed by atoms with van der Waals surface area (Å²) in [6, 6.07) is 7.46. The molecule has 19 heavy (non-hydrogen) atoms. The first kappa shape index (κ1) is 14.7. The number of hydrogen-bond donors (Lipinski definition) is 2. The van der Waals surface area contributed by atoms with Crippen LogP contribution in [-0.4, -0.2) is 43.7 Å². The zero-order valence-electron chi connectivity index (χ0n) is 10.4. The Labute approximate surface area is 139 Å². The maximum absolute atomic E-state index is 12.2. The van der Waals surface area contributed by atoms with Crippen molar-refractivity contribution in [3.8, 4) is 0 Å². The number of fused-ring (bicyclic) bond motifs is 1. The summed E-state index contributed by atoms with van der Waals surface area (Å²) in [6.45, 7) is 0. The number of benzene rings is 1. The molecule has 0 saturated heterocycles. The Morgan fingerprint density at radius 3 is 2.84 bits per heavy atom. The number of hydrogen-bond acceptors (Lipinski definition) is 4. The zero-order valence-corrected chi connectivity index (χ0v) is 14.1. The van der Waals surface area contributed by atoms with Crippen molar-refractivity contribution in [2.45, 2.75) is 10.9 Å². The van der Waals surface area contributed by atoms with E-state index in [0.29, 0.717) is 16.6 Å². The molecule has 0 aliphatic heterocycles. The molecule has 1 aromatic carbocycles. The first-order valence-corrected chi connectivity index (χ1v) is 7.64. The van der Waals surface area contributed by atoms with Gasteiger partial charge in [0.1, 0.15) is 5.52 Å². The van der Waals surface area contributed by atoms with E-state index in [1.807, 2.05) is 35.0 Å². The quantitative estimate of drug-likeness (QED) is 0.575. The number of nitrogens with two attached hydrogens (primary N) is 1. The predicted molar refractivity (Wildman–Crippen MR) is 80.7 cm³/mol. The third-order valence-electron chi connectivity index (χ3n) is 2.66. The summed E-state index contributed by atoms with van der Waals surface area (Å²) in [6.07, 6.45) is 0. The molecule has 0 amide bonds. The number of rotatable bonds is 3. The fourth-order valence-corrected chi connectivity index (χ4v) is 3.50. The van der Waals surface area contributed by atoms with Crippen LogP contribution >= 0.6 is 11.3 Å². The Balaban J connectivity index is 0.00000133. The Morgan fingerprint density at radius 2 is 2.11 bits per heavy atom. The van der Waals surface area contributed by atoms with Gasteiger partial charge in [0.2, 0.25) is 0 Å². The topological polar surface area (TPSA) is 71.8 Å². The number of H-pyrrole nitrogens is 1. The Morgan fingerprint density at radius 1 is 1.32 bits per heavy atom. The Hall–Kier alpha value is -0.660. The molecule has 2 heterocycles. The van der Waals surface area contributed by atoms with E-state index < -0.39 is 10.8 Å². The standard InChI is InChI=1S/C12H11N3OS2.Na/c13-9-4-2-1-3-8(9)7-18(16)12-14-10-5-17-6-11(10)15-12;/h1-6H,7,13H2,(H,14,15);. The van der Waals surface area contributed by atoms with Gasteiger partial charge in [-0.05, 0) is 11.6 Å². The number of para-hydroxylation sites is 1. The van der Waals surface area contributed by atoms with Gasteiger partial charge in [-0.2, -0.15) is 0 Å². The molecule has 0 saturated carbocycles. The van der Waals surface area contributed by atoms with Gasteiger partial charge in [0.05, 0.1) is 22.1 Å². The number of anilines is 1. The molecular formula is C12H11N3NaOS2. The van der Waals surface area contributed by atoms with Crippen LogP contribution in [0, 0.1) is 0 Å². The monoisotopic (exact) mass is 300 g/mol. The average Bonchev–Trinajstić information content (AvgIpc) is 2.92. The Kier molecular flexibility index (Phi) is 4.81. The average molecular weight is 300 g/mol. The van der Waals surface area contributed by atoms with E-state index in [1.54, 1.807) is 11.3 Å². The second-order valence-corrected chi connectivity index (χ2v) is 6.01. The van der Waals surface area contributed by atoms with E-state index in [4.69, 9.17) is 5.73 Å². The summed E-state index contributed by atoms with van der Waals surface area (Å²) in [7, 11) is -1.20. The third-order valence-corrected chi connectivity index (χ3v) is 4.59. The first-order chi connectivity index (χ1) is 8.74. The van der Waals surface area contributed by atoms with Crippen molar-refractivity contribution in [1.29, 1.82) is 0 Å². The smallest absolute Gasteiger partial charge is 0.197 e. The van der Waals surface area contributed by atoms with Gasteiger partial charge in [0.15, 0.2) is 5.16 Å². The summed E-state index contributed by atoms with van der Waals surface area (Å²) in [5.41, 5.74) is 9.19. The van der Waals surface area contributed by atoms with Crippen LogP contribution in [0.25, 0.3) is 11.0 Å². The van der Waals surface area contributed by atoms with Crippen LogP contribution in [0.2, 0.25) is 0 Å². The van der Waals surface area contributed by atoms with E-state index in [9.17, 15) is 4.21 Å². The molecule has 0 bridgehead atoms. The first-order valence-electron chi connectivity index (χ1n) is 5.38. The molecule has 3 N–H and O–H groups in total. The van der Waals surface area contributed by atoms with Crippen LogP contribution in [0.15, 0.2) is 40.2 Å². The van der Waals surface area contributed by atoms with Gasteiger partial charge >= 0.3 is 0 Å². The number of nitrogens with one attached hydrogen (secondary N) is 1. The molecule has 1 radical (unpaired) electrons. The van der Waals surface area contributed by atoms with Crippen molar-refractivity contribution in [3.05, 3.63) is 40.6 Å². The molecule has 1 unspecified atom stereocenters. The minimum atomic E-state index is -1.20. The molecule has 4 nitrogen and oxygen atoms in total. The molecule has 2 aromatic heterocycles. The molecule has 0 fully saturated rings. The second-order valence-electron chi connectivity index (χ2n) is 3.90. The van der Waals surface area contributed by atoms with Gasteiger partial charge in [0, 0.05) is 46.0 Å². The van der Waals surface area contributed by atoms with E-state index in [0.717, 1.165) is 16.6 Å². The normalized spacial score (nSPS) is 12.2. The molecule has 3 aromatic rings. The van der Waals surface area contributed by atoms with E-state index in [1.165, 1.54) is 0 Å². The molecule has 1 atom stereocenters. The van der Waals surface area contributed by atoms with Gasteiger partial charge < -0.3 is 10.7 Å². The molecule has 0 aliphatic rings. The largest absolute Gasteiger partial charge is 0.398 e. The van der Waals surface area contributed by atoms with Crippen molar-refractivity contribution >= 4 is 68.4 Å². The number of imidazole rings is 1. The number of aromatic amines is 1. The van der Waals surface area contributed by atoms with Crippen molar-refractivity contribution in [2.75, 3.05) is 5.73 Å². The van der Waals surface area contributed by atoms with Crippen LogP contribution in [0.1, 0.15) is 5.56 Å². The van der Waals surface area contributed by atoms with Crippen LogP contribution in [0.3, 0.4) is 0 Å². The van der Waals surface area contributed by atoms with Gasteiger partial charge in [0.25, 0.3) is 0 Å². The van der Waals surface area contributed by atoms with Crippen LogP contribution in [0.4, 0.5) is 5.69 Å². The van der Waals surface area contributed by atoms with Crippen LogP contribution in [0.5, 0.6) is 0 Å². The molecule has 0 aliphatic carbocycles. The van der Waals surface area contributed by atoms with Crippen LogP contribution < -0.4 is 5.73 Å². The van der Waals surface area contributed by atoms with Gasteiger partial charge in [-0.3, -0.25) is 4.21 Å². The predicted octanol–water partition coefficient (Wildman–Crippen LogP) is 2.13. The minimum absolute atomic E-state index is 0. The number of thiophene rings is 1. The van der Waals surface area contributed by atoms with Crippen molar-refractivity contribution < 1.29 is 4.21 Å². The fraction of sp³-hybridized carbons (Fsp3) is 0.0833. The molecule has 3 rings (SSSR count). The van der Waals surface area contributed by atoms with E-state index >= 15 is 0 Å². The SMILES string of the molecule is Nc1ccccc1CS(=O)c1nc2cscc2[nH]1.[Na]. The Bertz CT molecular complexity index is 694. The molecule has 7 heteroatoms. The van der Waals surface area contributed by atoms with E-state index in [2.05, 4.69) is 9.97 Å². The number of nitrogens with zero attached hydrogens (tertiary/aromatic N) is 1. The van der Waals surface area contributed by atoms with Crippen molar-refractivity contribution in [2.24, 2.45) is 0 Å². The van der Waals surface area contributed by atoms with Crippen molar-refractivity contribution in [1.82, 2.24) is 9.97 Å². The van der Waals surface area contributed by atoms with E-state index in [-0.39, 0.29) is 29.6 Å².